The van der Waals surface area contributed by atoms with E-state index in [9.17, 15) is 22.0 Å². The summed E-state index contributed by atoms with van der Waals surface area (Å²) in [6.07, 6.45) is -4.51. The number of hydrogen-bond acceptors (Lipinski definition) is 2. The molecule has 0 bridgehead atoms. The summed E-state index contributed by atoms with van der Waals surface area (Å²) in [5.74, 6) is -4.92. The molecule has 17 heavy (non-hydrogen) atoms. The van der Waals surface area contributed by atoms with Crippen LogP contribution in [0, 0.1) is 6.92 Å². The number of unbranched alkanes of at least 4 members (excludes halogenated alkanes) is 1. The molecule has 0 aliphatic heterocycles. The quantitative estimate of drug-likeness (QED) is 0.776. The van der Waals surface area contributed by atoms with Crippen LogP contribution < -0.4 is 0 Å². The Hall–Kier alpha value is -1.21. The molecule has 0 aliphatic carbocycles. The number of rotatable bonds is 4. The Morgan fingerprint density at radius 3 is 2.24 bits per heavy atom. The van der Waals surface area contributed by atoms with Gasteiger partial charge in [-0.05, 0) is 13.3 Å². The van der Waals surface area contributed by atoms with Crippen LogP contribution in [0.25, 0.3) is 0 Å². The van der Waals surface area contributed by atoms with Crippen molar-refractivity contribution in [2.75, 3.05) is 0 Å². The van der Waals surface area contributed by atoms with Crippen LogP contribution >= 0.6 is 0 Å². The van der Waals surface area contributed by atoms with E-state index in [-0.39, 0.29) is 6.54 Å². The summed E-state index contributed by atoms with van der Waals surface area (Å²) in [7, 11) is 0. The molecule has 0 amide bonds. The first-order valence-corrected chi connectivity index (χ1v) is 5.07. The second kappa shape index (κ2) is 4.58. The van der Waals surface area contributed by atoms with Gasteiger partial charge in [-0.25, -0.2) is 4.68 Å². The van der Waals surface area contributed by atoms with Gasteiger partial charge in [0.2, 0.25) is 0 Å². The van der Waals surface area contributed by atoms with Gasteiger partial charge in [0.1, 0.15) is 5.69 Å². The summed E-state index contributed by atoms with van der Waals surface area (Å²) < 4.78 is 63.8. The summed E-state index contributed by atoms with van der Waals surface area (Å²) in [5, 5.41) is 6.60. The van der Waals surface area contributed by atoms with Crippen LogP contribution in [0.5, 0.6) is 0 Å². The van der Waals surface area contributed by atoms with E-state index in [0.29, 0.717) is 17.5 Å². The summed E-state index contributed by atoms with van der Waals surface area (Å²) in [6, 6.07) is 0. The van der Waals surface area contributed by atoms with Crippen molar-refractivity contribution < 1.29 is 22.0 Å². The summed E-state index contributed by atoms with van der Waals surface area (Å²) in [5.41, 5.74) is -1.57. The monoisotopic (exact) mass is 257 g/mol. The Labute approximate surface area is 94.6 Å². The molecule has 0 aromatic carbocycles. The fourth-order valence-corrected chi connectivity index (χ4v) is 1.39. The second-order valence-corrected chi connectivity index (χ2v) is 3.67. The van der Waals surface area contributed by atoms with Crippen LogP contribution in [0.2, 0.25) is 0 Å². The summed E-state index contributed by atoms with van der Waals surface area (Å²) in [6.45, 7) is 2.88. The zero-order valence-electron chi connectivity index (χ0n) is 9.35. The van der Waals surface area contributed by atoms with Crippen molar-refractivity contribution in [1.29, 1.82) is 0 Å². The molecule has 1 heterocycles. The Kier molecular flexibility index (Phi) is 3.73. The highest BCUT2D eigenvalue weighted by Crippen LogP contribution is 2.44. The first kappa shape index (κ1) is 13.9. The van der Waals surface area contributed by atoms with Gasteiger partial charge in [-0.3, -0.25) is 0 Å². The highest BCUT2D eigenvalue weighted by atomic mass is 19.4. The molecule has 0 spiro atoms. The van der Waals surface area contributed by atoms with Gasteiger partial charge in [-0.15, -0.1) is 5.10 Å². The Bertz CT molecular complexity index is 382. The van der Waals surface area contributed by atoms with Crippen molar-refractivity contribution >= 4 is 0 Å². The van der Waals surface area contributed by atoms with Crippen LogP contribution in [0.1, 0.15) is 31.2 Å². The fraction of sp³-hybridized carbons (Fsp3) is 0.778. The molecule has 0 unspecified atom stereocenters. The van der Waals surface area contributed by atoms with Crippen LogP contribution in [0.4, 0.5) is 22.0 Å². The average Bonchev–Trinajstić information content (AvgIpc) is 2.55. The van der Waals surface area contributed by atoms with Gasteiger partial charge in [0, 0.05) is 6.54 Å². The van der Waals surface area contributed by atoms with Crippen molar-refractivity contribution in [2.45, 2.75) is 45.3 Å². The van der Waals surface area contributed by atoms with Crippen LogP contribution in [0.3, 0.4) is 0 Å². The SMILES string of the molecule is CCCCn1nnc(C)c1C(F)(F)C(F)(F)F. The highest BCUT2D eigenvalue weighted by Gasteiger charge is 2.61. The molecule has 1 aromatic heterocycles. The van der Waals surface area contributed by atoms with E-state index in [2.05, 4.69) is 10.3 Å². The predicted octanol–water partition coefficient (Wildman–Crippen LogP) is 3.04. The molecule has 0 N–H and O–H groups in total. The third-order valence-electron chi connectivity index (χ3n) is 2.28. The molecule has 0 aliphatic rings. The molecular formula is C9H12F5N3. The lowest BCUT2D eigenvalue weighted by Crippen LogP contribution is -2.36. The van der Waals surface area contributed by atoms with E-state index in [4.69, 9.17) is 0 Å². The molecule has 1 aromatic rings. The van der Waals surface area contributed by atoms with E-state index in [0.717, 1.165) is 6.92 Å². The topological polar surface area (TPSA) is 30.7 Å². The highest BCUT2D eigenvalue weighted by molar-refractivity contribution is 5.16. The zero-order valence-corrected chi connectivity index (χ0v) is 9.35. The lowest BCUT2D eigenvalue weighted by Gasteiger charge is -2.20. The van der Waals surface area contributed by atoms with Crippen LogP contribution in [-0.4, -0.2) is 21.2 Å². The van der Waals surface area contributed by atoms with Crippen molar-refractivity contribution in [2.24, 2.45) is 0 Å². The Morgan fingerprint density at radius 1 is 1.18 bits per heavy atom. The number of halogens is 5. The molecule has 3 nitrogen and oxygen atoms in total. The Morgan fingerprint density at radius 2 is 1.76 bits per heavy atom. The zero-order chi connectivity index (χ0) is 13.3. The fourth-order valence-electron chi connectivity index (χ4n) is 1.39. The number of nitrogens with zero attached hydrogens (tertiary/aromatic N) is 3. The summed E-state index contributed by atoms with van der Waals surface area (Å²) in [4.78, 5) is 0. The molecule has 98 valence electrons. The molecule has 0 fully saturated rings. The van der Waals surface area contributed by atoms with E-state index >= 15 is 0 Å². The maximum absolute atomic E-state index is 13.2. The van der Waals surface area contributed by atoms with Crippen molar-refractivity contribution in [3.63, 3.8) is 0 Å². The van der Waals surface area contributed by atoms with Gasteiger partial charge >= 0.3 is 12.1 Å². The standard InChI is InChI=1S/C9H12F5N3/c1-3-4-5-17-7(6(2)15-16-17)8(10,11)9(12,13)14/h3-5H2,1-2H3. The molecule has 8 heteroatoms. The number of aryl methyl sites for hydroxylation is 2. The van der Waals surface area contributed by atoms with Gasteiger partial charge in [0.25, 0.3) is 0 Å². The van der Waals surface area contributed by atoms with Gasteiger partial charge < -0.3 is 0 Å². The van der Waals surface area contributed by atoms with E-state index in [1.807, 2.05) is 0 Å². The lowest BCUT2D eigenvalue weighted by atomic mass is 10.2. The van der Waals surface area contributed by atoms with E-state index < -0.39 is 23.5 Å². The molecule has 0 radical (unpaired) electrons. The minimum atomic E-state index is -5.64. The molecular weight excluding hydrogens is 245 g/mol. The minimum Gasteiger partial charge on any atom is -0.243 e. The third kappa shape index (κ3) is 2.55. The third-order valence-corrected chi connectivity index (χ3v) is 2.28. The van der Waals surface area contributed by atoms with Gasteiger partial charge in [-0.1, -0.05) is 18.6 Å². The normalized spacial score (nSPS) is 13.1. The number of hydrogen-bond donors (Lipinski definition) is 0. The smallest absolute Gasteiger partial charge is 0.243 e. The first-order chi connectivity index (χ1) is 7.71. The number of alkyl halides is 5. The van der Waals surface area contributed by atoms with Gasteiger partial charge in [0.15, 0.2) is 0 Å². The average molecular weight is 257 g/mol. The maximum atomic E-state index is 13.2. The Balaban J connectivity index is 3.16. The van der Waals surface area contributed by atoms with Crippen molar-refractivity contribution in [3.05, 3.63) is 11.4 Å². The van der Waals surface area contributed by atoms with E-state index in [1.165, 1.54) is 0 Å². The predicted molar refractivity (Wildman–Crippen MR) is 49.6 cm³/mol. The molecule has 0 saturated carbocycles. The first-order valence-electron chi connectivity index (χ1n) is 5.07. The number of aromatic nitrogens is 3. The minimum absolute atomic E-state index is 0.00164. The van der Waals surface area contributed by atoms with Crippen LogP contribution in [-0.2, 0) is 12.5 Å². The second-order valence-electron chi connectivity index (χ2n) is 3.67. The van der Waals surface area contributed by atoms with Crippen molar-refractivity contribution in [1.82, 2.24) is 15.0 Å². The summed E-state index contributed by atoms with van der Waals surface area (Å²) >= 11 is 0. The lowest BCUT2D eigenvalue weighted by molar-refractivity contribution is -0.292. The van der Waals surface area contributed by atoms with Gasteiger partial charge in [0.05, 0.1) is 5.69 Å². The maximum Gasteiger partial charge on any atom is 0.459 e. The van der Waals surface area contributed by atoms with Gasteiger partial charge in [-0.2, -0.15) is 22.0 Å². The largest absolute Gasteiger partial charge is 0.459 e. The molecule has 1 rings (SSSR count). The van der Waals surface area contributed by atoms with Crippen LogP contribution in [0.15, 0.2) is 0 Å². The van der Waals surface area contributed by atoms with E-state index in [1.54, 1.807) is 6.92 Å². The van der Waals surface area contributed by atoms with Crippen molar-refractivity contribution in [3.8, 4) is 0 Å². The molecule has 0 atom stereocenters. The molecule has 0 saturated heterocycles.